The summed E-state index contributed by atoms with van der Waals surface area (Å²) in [6, 6.07) is 9.23. The summed E-state index contributed by atoms with van der Waals surface area (Å²) in [6.07, 6.45) is 0.724. The Hall–Kier alpha value is -0.880. The smallest absolute Gasteiger partial charge is 0.207 e. The van der Waals surface area contributed by atoms with Crippen molar-refractivity contribution in [3.63, 3.8) is 0 Å². The van der Waals surface area contributed by atoms with E-state index < -0.39 is 10.0 Å². The maximum Gasteiger partial charge on any atom is 0.243 e. The highest BCUT2D eigenvalue weighted by atomic mass is 35.5. The van der Waals surface area contributed by atoms with Gasteiger partial charge in [0, 0.05) is 24.3 Å². The third-order valence-corrected chi connectivity index (χ3v) is 6.71. The topological polar surface area (TPSA) is 37.4 Å². The molecule has 0 spiro atoms. The van der Waals surface area contributed by atoms with Crippen LogP contribution in [0.25, 0.3) is 0 Å². The van der Waals surface area contributed by atoms with Crippen LogP contribution < -0.4 is 0 Å². The van der Waals surface area contributed by atoms with Crippen LogP contribution in [0.1, 0.15) is 16.0 Å². The first-order valence-electron chi connectivity index (χ1n) is 6.60. The van der Waals surface area contributed by atoms with E-state index in [1.165, 1.54) is 9.18 Å². The molecule has 0 fully saturated rings. The quantitative estimate of drug-likeness (QED) is 0.751. The minimum Gasteiger partial charge on any atom is -0.207 e. The number of sulfonamides is 1. The number of hydrogen-bond donors (Lipinski definition) is 0. The van der Waals surface area contributed by atoms with Crippen molar-refractivity contribution < 1.29 is 8.42 Å². The van der Waals surface area contributed by atoms with Gasteiger partial charge in [0.15, 0.2) is 0 Å². The van der Waals surface area contributed by atoms with Gasteiger partial charge in [0.1, 0.15) is 0 Å². The molecule has 3 nitrogen and oxygen atoms in total. The minimum atomic E-state index is -3.48. The van der Waals surface area contributed by atoms with Gasteiger partial charge in [0.2, 0.25) is 10.0 Å². The van der Waals surface area contributed by atoms with Crippen molar-refractivity contribution in [2.45, 2.75) is 24.1 Å². The number of benzene rings is 1. The summed E-state index contributed by atoms with van der Waals surface area (Å²) in [7, 11) is -1.86. The van der Waals surface area contributed by atoms with Crippen LogP contribution in [0.15, 0.2) is 40.6 Å². The molecule has 0 aliphatic carbocycles. The molecule has 1 aromatic heterocycles. The summed E-state index contributed by atoms with van der Waals surface area (Å²) in [5.41, 5.74) is 1.58. The third-order valence-electron chi connectivity index (χ3n) is 3.48. The number of likely N-dealkylation sites (N-methyl/N-ethyl adjacent to an activating group) is 1. The lowest BCUT2D eigenvalue weighted by Gasteiger charge is -2.19. The highest BCUT2D eigenvalue weighted by molar-refractivity contribution is 7.89. The second kappa shape index (κ2) is 6.92. The highest BCUT2D eigenvalue weighted by Gasteiger charge is 2.23. The fourth-order valence-corrected chi connectivity index (χ4v) is 4.52. The predicted molar refractivity (Wildman–Crippen MR) is 88.6 cm³/mol. The Balaban J connectivity index is 2.21. The number of hydrogen-bond acceptors (Lipinski definition) is 3. The molecule has 1 aromatic carbocycles. The number of rotatable bonds is 6. The molecule has 1 heterocycles. The van der Waals surface area contributed by atoms with Gasteiger partial charge in [-0.1, -0.05) is 18.2 Å². The molecule has 2 aromatic rings. The van der Waals surface area contributed by atoms with Crippen LogP contribution >= 0.6 is 22.9 Å². The fourth-order valence-electron chi connectivity index (χ4n) is 2.09. The summed E-state index contributed by atoms with van der Waals surface area (Å²) in [4.78, 5) is 1.53. The average Bonchev–Trinajstić information content (AvgIpc) is 2.98. The maximum absolute atomic E-state index is 12.7. The Morgan fingerprint density at radius 2 is 2.00 bits per heavy atom. The van der Waals surface area contributed by atoms with E-state index in [0.717, 1.165) is 17.5 Å². The molecule has 114 valence electrons. The summed E-state index contributed by atoms with van der Waals surface area (Å²) in [5, 5.41) is 2.00. The van der Waals surface area contributed by atoms with Crippen molar-refractivity contribution in [2.24, 2.45) is 0 Å². The molecule has 0 atom stereocenters. The van der Waals surface area contributed by atoms with Crippen LogP contribution in [0.4, 0.5) is 0 Å². The maximum atomic E-state index is 12.7. The van der Waals surface area contributed by atoms with Gasteiger partial charge in [-0.3, -0.25) is 0 Å². The summed E-state index contributed by atoms with van der Waals surface area (Å²) >= 11 is 7.50. The van der Waals surface area contributed by atoms with Crippen LogP contribution in [-0.4, -0.2) is 26.3 Å². The lowest BCUT2D eigenvalue weighted by Crippen LogP contribution is -2.29. The van der Waals surface area contributed by atoms with Gasteiger partial charge in [-0.15, -0.1) is 22.9 Å². The standard InChI is InChI=1S/C15H18ClNO2S2/c1-12-13(11-16)5-3-7-15(12)21(18,19)17(2)9-8-14-6-4-10-20-14/h3-7,10H,8-9,11H2,1-2H3. The van der Waals surface area contributed by atoms with Crippen LogP contribution in [0.3, 0.4) is 0 Å². The molecule has 0 saturated heterocycles. The molecule has 0 bridgehead atoms. The lowest BCUT2D eigenvalue weighted by molar-refractivity contribution is 0.473. The van der Waals surface area contributed by atoms with Gasteiger partial charge in [0.25, 0.3) is 0 Å². The molecule has 21 heavy (non-hydrogen) atoms. The Morgan fingerprint density at radius 1 is 1.24 bits per heavy atom. The lowest BCUT2D eigenvalue weighted by atomic mass is 10.1. The SMILES string of the molecule is Cc1c(CCl)cccc1S(=O)(=O)N(C)CCc1cccs1. The van der Waals surface area contributed by atoms with Crippen molar-refractivity contribution in [3.05, 3.63) is 51.7 Å². The summed E-state index contributed by atoms with van der Waals surface area (Å²) in [6.45, 7) is 2.27. The normalized spacial score (nSPS) is 12.0. The van der Waals surface area contributed by atoms with Crippen molar-refractivity contribution >= 4 is 33.0 Å². The molecule has 0 N–H and O–H groups in total. The molecular formula is C15H18ClNO2S2. The molecule has 6 heteroatoms. The monoisotopic (exact) mass is 343 g/mol. The second-order valence-corrected chi connectivity index (χ2v) is 8.14. The van der Waals surface area contributed by atoms with Gasteiger partial charge < -0.3 is 0 Å². The van der Waals surface area contributed by atoms with Gasteiger partial charge >= 0.3 is 0 Å². The first-order chi connectivity index (χ1) is 9.96. The first-order valence-corrected chi connectivity index (χ1v) is 9.45. The van der Waals surface area contributed by atoms with Gasteiger partial charge in [-0.25, -0.2) is 12.7 Å². The first kappa shape index (κ1) is 16.5. The van der Waals surface area contributed by atoms with Crippen LogP contribution in [0.2, 0.25) is 0 Å². The number of halogens is 1. The van der Waals surface area contributed by atoms with E-state index in [1.807, 2.05) is 23.6 Å². The van der Waals surface area contributed by atoms with Gasteiger partial charge in [0.05, 0.1) is 4.90 Å². The van der Waals surface area contributed by atoms with Crippen molar-refractivity contribution in [2.75, 3.05) is 13.6 Å². The minimum absolute atomic E-state index is 0.314. The number of nitrogens with zero attached hydrogens (tertiary/aromatic N) is 1. The molecule has 0 aliphatic rings. The fraction of sp³-hybridized carbons (Fsp3) is 0.333. The van der Waals surface area contributed by atoms with Gasteiger partial charge in [-0.05, 0) is 42.0 Å². The Labute approximate surface area is 135 Å². The molecule has 0 amide bonds. The summed E-state index contributed by atoms with van der Waals surface area (Å²) in [5.74, 6) is 0.314. The van der Waals surface area contributed by atoms with E-state index in [1.54, 1.807) is 37.4 Å². The van der Waals surface area contributed by atoms with E-state index >= 15 is 0 Å². The van der Waals surface area contributed by atoms with Crippen LogP contribution in [0.5, 0.6) is 0 Å². The van der Waals surface area contributed by atoms with E-state index in [9.17, 15) is 8.42 Å². The molecule has 0 radical (unpaired) electrons. The zero-order valence-corrected chi connectivity index (χ0v) is 14.4. The van der Waals surface area contributed by atoms with Gasteiger partial charge in [-0.2, -0.15) is 0 Å². The number of alkyl halides is 1. The van der Waals surface area contributed by atoms with Crippen molar-refractivity contribution in [3.8, 4) is 0 Å². The Morgan fingerprint density at radius 3 is 2.62 bits per heavy atom. The molecular weight excluding hydrogens is 326 g/mol. The molecule has 0 aliphatic heterocycles. The average molecular weight is 344 g/mol. The second-order valence-electron chi connectivity index (χ2n) is 4.83. The van der Waals surface area contributed by atoms with E-state index in [-0.39, 0.29) is 0 Å². The number of thiophene rings is 1. The van der Waals surface area contributed by atoms with E-state index in [4.69, 9.17) is 11.6 Å². The van der Waals surface area contributed by atoms with Crippen molar-refractivity contribution in [1.29, 1.82) is 0 Å². The van der Waals surface area contributed by atoms with Crippen LogP contribution in [0, 0.1) is 6.92 Å². The third kappa shape index (κ3) is 3.66. The zero-order chi connectivity index (χ0) is 15.5. The Kier molecular flexibility index (Phi) is 5.43. The largest absolute Gasteiger partial charge is 0.243 e. The predicted octanol–water partition coefficient (Wildman–Crippen LogP) is 3.66. The van der Waals surface area contributed by atoms with E-state index in [0.29, 0.717) is 17.3 Å². The molecule has 0 saturated carbocycles. The highest BCUT2D eigenvalue weighted by Crippen LogP contribution is 2.23. The summed E-state index contributed by atoms with van der Waals surface area (Å²) < 4.78 is 26.7. The van der Waals surface area contributed by atoms with Crippen molar-refractivity contribution in [1.82, 2.24) is 4.31 Å². The van der Waals surface area contributed by atoms with E-state index in [2.05, 4.69) is 0 Å². The molecule has 2 rings (SSSR count). The Bertz CT molecular complexity index is 696. The zero-order valence-electron chi connectivity index (χ0n) is 12.0. The molecule has 0 unspecified atom stereocenters. The van der Waals surface area contributed by atoms with Crippen LogP contribution in [-0.2, 0) is 22.3 Å².